The highest BCUT2D eigenvalue weighted by Gasteiger charge is 2.27. The van der Waals surface area contributed by atoms with Crippen molar-refractivity contribution in [2.75, 3.05) is 26.2 Å². The van der Waals surface area contributed by atoms with Crippen molar-refractivity contribution in [3.63, 3.8) is 0 Å². The van der Waals surface area contributed by atoms with Crippen LogP contribution < -0.4 is 5.32 Å². The molecule has 1 amide bonds. The molecule has 2 atom stereocenters. The molecule has 0 spiro atoms. The lowest BCUT2D eigenvalue weighted by atomic mass is 10.0. The van der Waals surface area contributed by atoms with Crippen LogP contribution in [0.1, 0.15) is 19.3 Å². The SMILES string of the molecule is O=C(CC1CCNC1)N1CC[C@@H](O)C1. The van der Waals surface area contributed by atoms with E-state index in [9.17, 15) is 9.90 Å². The minimum atomic E-state index is -0.291. The van der Waals surface area contributed by atoms with E-state index >= 15 is 0 Å². The quantitative estimate of drug-likeness (QED) is 0.633. The monoisotopic (exact) mass is 198 g/mol. The predicted octanol–water partition coefficient (Wildman–Crippen LogP) is -0.421. The van der Waals surface area contributed by atoms with Crippen molar-refractivity contribution in [1.29, 1.82) is 0 Å². The van der Waals surface area contributed by atoms with E-state index < -0.39 is 0 Å². The Labute approximate surface area is 84.3 Å². The van der Waals surface area contributed by atoms with Crippen LogP contribution in [0.2, 0.25) is 0 Å². The lowest BCUT2D eigenvalue weighted by molar-refractivity contribution is -0.131. The van der Waals surface area contributed by atoms with Gasteiger partial charge in [-0.15, -0.1) is 0 Å². The van der Waals surface area contributed by atoms with Gasteiger partial charge in [0.05, 0.1) is 6.10 Å². The highest BCUT2D eigenvalue weighted by atomic mass is 16.3. The summed E-state index contributed by atoms with van der Waals surface area (Å²) in [5.74, 6) is 0.732. The molecule has 2 fully saturated rings. The second-order valence-corrected chi connectivity index (χ2v) is 4.35. The summed E-state index contributed by atoms with van der Waals surface area (Å²) < 4.78 is 0. The van der Waals surface area contributed by atoms with Crippen LogP contribution in [0.4, 0.5) is 0 Å². The summed E-state index contributed by atoms with van der Waals surface area (Å²) in [5, 5.41) is 12.6. The second-order valence-electron chi connectivity index (χ2n) is 4.35. The maximum Gasteiger partial charge on any atom is 0.222 e. The van der Waals surface area contributed by atoms with Gasteiger partial charge < -0.3 is 15.3 Å². The van der Waals surface area contributed by atoms with Gasteiger partial charge in [-0.1, -0.05) is 0 Å². The van der Waals surface area contributed by atoms with Gasteiger partial charge in [-0.25, -0.2) is 0 Å². The van der Waals surface area contributed by atoms with Gasteiger partial charge >= 0.3 is 0 Å². The van der Waals surface area contributed by atoms with Crippen LogP contribution in [0, 0.1) is 5.92 Å². The number of hydrogen-bond acceptors (Lipinski definition) is 3. The van der Waals surface area contributed by atoms with Crippen molar-refractivity contribution in [2.45, 2.75) is 25.4 Å². The molecule has 0 bridgehead atoms. The van der Waals surface area contributed by atoms with Crippen LogP contribution in [0.5, 0.6) is 0 Å². The van der Waals surface area contributed by atoms with E-state index in [0.29, 0.717) is 18.9 Å². The Kier molecular flexibility index (Phi) is 3.03. The van der Waals surface area contributed by atoms with E-state index in [1.165, 1.54) is 0 Å². The van der Waals surface area contributed by atoms with Crippen molar-refractivity contribution >= 4 is 5.91 Å². The Hall–Kier alpha value is -0.610. The maximum atomic E-state index is 11.7. The van der Waals surface area contributed by atoms with E-state index in [1.807, 2.05) is 0 Å². The molecule has 0 saturated carbocycles. The molecule has 2 aliphatic rings. The second kappa shape index (κ2) is 4.28. The van der Waals surface area contributed by atoms with Crippen LogP contribution in [0.3, 0.4) is 0 Å². The Morgan fingerprint density at radius 2 is 2.36 bits per heavy atom. The molecule has 4 heteroatoms. The molecule has 80 valence electrons. The Morgan fingerprint density at radius 3 is 2.93 bits per heavy atom. The molecule has 0 aromatic rings. The number of β-amino-alcohol motifs (C(OH)–C–C–N with tert-alkyl or cyclic N) is 1. The molecule has 14 heavy (non-hydrogen) atoms. The Morgan fingerprint density at radius 1 is 1.50 bits per heavy atom. The zero-order chi connectivity index (χ0) is 9.97. The maximum absolute atomic E-state index is 11.7. The Balaban J connectivity index is 1.77. The molecule has 2 heterocycles. The molecular weight excluding hydrogens is 180 g/mol. The average molecular weight is 198 g/mol. The smallest absolute Gasteiger partial charge is 0.222 e. The van der Waals surface area contributed by atoms with Gasteiger partial charge in [0, 0.05) is 19.5 Å². The number of likely N-dealkylation sites (tertiary alicyclic amines) is 1. The highest BCUT2D eigenvalue weighted by Crippen LogP contribution is 2.16. The molecule has 0 aliphatic carbocycles. The first-order chi connectivity index (χ1) is 6.75. The summed E-state index contributed by atoms with van der Waals surface area (Å²) in [7, 11) is 0. The lowest BCUT2D eigenvalue weighted by Crippen LogP contribution is -2.31. The van der Waals surface area contributed by atoms with E-state index in [0.717, 1.165) is 32.5 Å². The van der Waals surface area contributed by atoms with Crippen LogP contribution >= 0.6 is 0 Å². The van der Waals surface area contributed by atoms with Crippen molar-refractivity contribution in [3.05, 3.63) is 0 Å². The minimum Gasteiger partial charge on any atom is -0.391 e. The van der Waals surface area contributed by atoms with Crippen molar-refractivity contribution < 1.29 is 9.90 Å². The molecular formula is C10H18N2O2. The average Bonchev–Trinajstić information content (AvgIpc) is 2.75. The molecule has 0 aromatic heterocycles. The molecule has 2 saturated heterocycles. The van der Waals surface area contributed by atoms with E-state index in [-0.39, 0.29) is 12.0 Å². The van der Waals surface area contributed by atoms with Gasteiger partial charge in [0.25, 0.3) is 0 Å². The number of nitrogens with one attached hydrogen (secondary N) is 1. The van der Waals surface area contributed by atoms with E-state index in [2.05, 4.69) is 5.32 Å². The summed E-state index contributed by atoms with van der Waals surface area (Å²) in [4.78, 5) is 13.5. The van der Waals surface area contributed by atoms with Crippen molar-refractivity contribution in [1.82, 2.24) is 10.2 Å². The summed E-state index contributed by atoms with van der Waals surface area (Å²) >= 11 is 0. The number of amides is 1. The van der Waals surface area contributed by atoms with Gasteiger partial charge in [0.1, 0.15) is 0 Å². The number of hydrogen-bond donors (Lipinski definition) is 2. The molecule has 0 aromatic carbocycles. The standard InChI is InChI=1S/C10H18N2O2/c13-9-2-4-12(7-9)10(14)5-8-1-3-11-6-8/h8-9,11,13H,1-7H2/t8?,9-/m1/s1. The first kappa shape index (κ1) is 9.93. The highest BCUT2D eigenvalue weighted by molar-refractivity contribution is 5.76. The summed E-state index contributed by atoms with van der Waals surface area (Å²) in [6, 6.07) is 0. The Bertz CT molecular complexity index is 214. The summed E-state index contributed by atoms with van der Waals surface area (Å²) in [6.07, 6.45) is 2.22. The minimum absolute atomic E-state index is 0.218. The number of nitrogens with zero attached hydrogens (tertiary/aromatic N) is 1. The lowest BCUT2D eigenvalue weighted by Gasteiger charge is -2.17. The number of aliphatic hydroxyl groups is 1. The van der Waals surface area contributed by atoms with Gasteiger partial charge in [-0.2, -0.15) is 0 Å². The largest absolute Gasteiger partial charge is 0.391 e. The zero-order valence-corrected chi connectivity index (χ0v) is 8.41. The summed E-state index contributed by atoms with van der Waals surface area (Å²) in [5.41, 5.74) is 0. The van der Waals surface area contributed by atoms with Gasteiger partial charge in [0.15, 0.2) is 0 Å². The fourth-order valence-corrected chi connectivity index (χ4v) is 2.23. The van der Waals surface area contributed by atoms with Gasteiger partial charge in [-0.3, -0.25) is 4.79 Å². The van der Waals surface area contributed by atoms with Crippen LogP contribution in [0.15, 0.2) is 0 Å². The topological polar surface area (TPSA) is 52.6 Å². The van der Waals surface area contributed by atoms with Gasteiger partial charge in [-0.05, 0) is 31.8 Å². The molecule has 2 rings (SSSR count). The third-order valence-corrected chi connectivity index (χ3v) is 3.14. The molecule has 2 N–H and O–H groups in total. The van der Waals surface area contributed by atoms with Crippen molar-refractivity contribution in [3.8, 4) is 0 Å². The number of carbonyl (C=O) groups excluding carboxylic acids is 1. The van der Waals surface area contributed by atoms with E-state index in [1.54, 1.807) is 4.90 Å². The predicted molar refractivity (Wildman–Crippen MR) is 52.8 cm³/mol. The van der Waals surface area contributed by atoms with Crippen LogP contribution in [0.25, 0.3) is 0 Å². The zero-order valence-electron chi connectivity index (χ0n) is 8.41. The molecule has 1 unspecified atom stereocenters. The first-order valence-corrected chi connectivity index (χ1v) is 5.42. The van der Waals surface area contributed by atoms with Crippen LogP contribution in [-0.4, -0.2) is 48.2 Å². The third-order valence-electron chi connectivity index (χ3n) is 3.14. The normalized spacial score (nSPS) is 32.5. The molecule has 2 aliphatic heterocycles. The number of rotatable bonds is 2. The van der Waals surface area contributed by atoms with Crippen molar-refractivity contribution in [2.24, 2.45) is 5.92 Å². The van der Waals surface area contributed by atoms with Crippen LogP contribution in [-0.2, 0) is 4.79 Å². The van der Waals surface area contributed by atoms with Gasteiger partial charge in [0.2, 0.25) is 5.91 Å². The number of carbonyl (C=O) groups is 1. The fourth-order valence-electron chi connectivity index (χ4n) is 2.23. The summed E-state index contributed by atoms with van der Waals surface area (Å²) in [6.45, 7) is 3.29. The first-order valence-electron chi connectivity index (χ1n) is 5.42. The van der Waals surface area contributed by atoms with E-state index in [4.69, 9.17) is 0 Å². The fraction of sp³-hybridized carbons (Fsp3) is 0.900. The molecule has 4 nitrogen and oxygen atoms in total. The third kappa shape index (κ3) is 2.25. The molecule has 0 radical (unpaired) electrons. The number of aliphatic hydroxyl groups excluding tert-OH is 1.